The highest BCUT2D eigenvalue weighted by atomic mass is 79.9. The second kappa shape index (κ2) is 6.04. The lowest BCUT2D eigenvalue weighted by atomic mass is 10.2. The van der Waals surface area contributed by atoms with Gasteiger partial charge in [-0.2, -0.15) is 4.31 Å². The molecule has 1 aromatic heterocycles. The summed E-state index contributed by atoms with van der Waals surface area (Å²) in [7, 11) is -2.23. The van der Waals surface area contributed by atoms with Crippen molar-refractivity contribution in [3.8, 4) is 0 Å². The molecule has 8 heteroatoms. The number of thiophene rings is 1. The van der Waals surface area contributed by atoms with Gasteiger partial charge >= 0.3 is 0 Å². The number of nitrogens with zero attached hydrogens (tertiary/aromatic N) is 1. The number of nitrogen functional groups attached to an aromatic ring is 1. The van der Waals surface area contributed by atoms with E-state index in [1.54, 1.807) is 0 Å². The minimum absolute atomic E-state index is 0.00399. The van der Waals surface area contributed by atoms with Gasteiger partial charge in [0, 0.05) is 13.6 Å². The molecule has 2 rings (SSSR count). The minimum atomic E-state index is -3.71. The lowest BCUT2D eigenvalue weighted by molar-refractivity contribution is 0.467. The summed E-state index contributed by atoms with van der Waals surface area (Å²) in [5.74, 6) is -0.585. The molecule has 4 nitrogen and oxygen atoms in total. The summed E-state index contributed by atoms with van der Waals surface area (Å²) in [6.45, 7) is 1.72. The largest absolute Gasteiger partial charge is 0.396 e. The Bertz CT molecular complexity index is 751. The van der Waals surface area contributed by atoms with Crippen LogP contribution in [0.25, 0.3) is 0 Å². The average molecular weight is 393 g/mol. The van der Waals surface area contributed by atoms with Gasteiger partial charge in [-0.1, -0.05) is 0 Å². The quantitative estimate of drug-likeness (QED) is 0.811. The zero-order valence-electron chi connectivity index (χ0n) is 11.4. The van der Waals surface area contributed by atoms with Crippen molar-refractivity contribution in [2.75, 3.05) is 12.8 Å². The monoisotopic (exact) mass is 392 g/mol. The summed E-state index contributed by atoms with van der Waals surface area (Å²) in [6, 6.07) is 4.31. The lowest BCUT2D eigenvalue weighted by Crippen LogP contribution is -2.26. The summed E-state index contributed by atoms with van der Waals surface area (Å²) < 4.78 is 40.7. The number of sulfonamides is 1. The Hall–Kier alpha value is -0.960. The van der Waals surface area contributed by atoms with Crippen molar-refractivity contribution in [1.29, 1.82) is 0 Å². The van der Waals surface area contributed by atoms with E-state index >= 15 is 0 Å². The van der Waals surface area contributed by atoms with Crippen molar-refractivity contribution in [3.05, 3.63) is 44.3 Å². The normalized spacial score (nSPS) is 12.0. The fraction of sp³-hybridized carbons (Fsp3) is 0.231. The molecule has 2 aromatic rings. The van der Waals surface area contributed by atoms with Crippen LogP contribution in [0.2, 0.25) is 0 Å². The predicted molar refractivity (Wildman–Crippen MR) is 86.2 cm³/mol. The SMILES string of the molecule is Cc1cc(S(=O)(=O)N(C)Cc2csc(Br)c2)cc(N)c1F. The van der Waals surface area contributed by atoms with Crippen molar-refractivity contribution in [2.24, 2.45) is 0 Å². The predicted octanol–water partition coefficient (Wildman–Crippen LogP) is 3.36. The highest BCUT2D eigenvalue weighted by Crippen LogP contribution is 2.26. The summed E-state index contributed by atoms with van der Waals surface area (Å²) in [6.07, 6.45) is 0. The molecule has 1 aromatic carbocycles. The molecule has 0 aliphatic carbocycles. The third kappa shape index (κ3) is 3.45. The Morgan fingerprint density at radius 2 is 2.05 bits per heavy atom. The van der Waals surface area contributed by atoms with Crippen LogP contribution in [-0.4, -0.2) is 19.8 Å². The second-order valence-corrected chi connectivity index (χ2v) is 9.00. The maximum Gasteiger partial charge on any atom is 0.243 e. The first-order valence-corrected chi connectivity index (χ1v) is 9.08. The number of nitrogens with two attached hydrogens (primary N) is 1. The number of hydrogen-bond acceptors (Lipinski definition) is 4. The van der Waals surface area contributed by atoms with Crippen LogP contribution < -0.4 is 5.73 Å². The van der Waals surface area contributed by atoms with Crippen molar-refractivity contribution in [3.63, 3.8) is 0 Å². The van der Waals surface area contributed by atoms with Gasteiger partial charge < -0.3 is 5.73 Å². The van der Waals surface area contributed by atoms with Crippen LogP contribution in [0.1, 0.15) is 11.1 Å². The number of rotatable bonds is 4. The Labute approximate surface area is 135 Å². The number of hydrogen-bond donors (Lipinski definition) is 1. The van der Waals surface area contributed by atoms with Gasteiger partial charge in [-0.05, 0) is 57.6 Å². The maximum atomic E-state index is 13.5. The molecule has 0 radical (unpaired) electrons. The Balaban J connectivity index is 2.33. The third-order valence-corrected chi connectivity index (χ3v) is 6.33. The fourth-order valence-corrected chi connectivity index (χ4v) is 4.34. The highest BCUT2D eigenvalue weighted by Gasteiger charge is 2.23. The van der Waals surface area contributed by atoms with Crippen molar-refractivity contribution >= 4 is 43.0 Å². The van der Waals surface area contributed by atoms with E-state index in [1.807, 2.05) is 11.4 Å². The molecule has 0 saturated carbocycles. The van der Waals surface area contributed by atoms with Gasteiger partial charge in [0.25, 0.3) is 0 Å². The van der Waals surface area contributed by atoms with Gasteiger partial charge in [0.2, 0.25) is 10.0 Å². The first-order chi connectivity index (χ1) is 9.71. The molecule has 1 heterocycles. The van der Waals surface area contributed by atoms with Crippen LogP contribution in [0, 0.1) is 12.7 Å². The topological polar surface area (TPSA) is 63.4 Å². The molecule has 0 atom stereocenters. The standard InChI is InChI=1S/C13H14BrFN2O2S2/c1-8-3-10(5-11(16)13(8)15)21(18,19)17(2)6-9-4-12(14)20-7-9/h3-5,7H,6,16H2,1-2H3. The van der Waals surface area contributed by atoms with Crippen molar-refractivity contribution in [1.82, 2.24) is 4.31 Å². The van der Waals surface area contributed by atoms with E-state index in [9.17, 15) is 12.8 Å². The van der Waals surface area contributed by atoms with E-state index in [-0.39, 0.29) is 22.7 Å². The van der Waals surface area contributed by atoms with Gasteiger partial charge in [-0.3, -0.25) is 0 Å². The fourth-order valence-electron chi connectivity index (χ4n) is 1.86. The van der Waals surface area contributed by atoms with Gasteiger partial charge in [0.15, 0.2) is 0 Å². The molecule has 0 spiro atoms. The molecule has 0 fully saturated rings. The zero-order valence-corrected chi connectivity index (χ0v) is 14.6. The second-order valence-electron chi connectivity index (χ2n) is 4.66. The molecule has 0 aliphatic rings. The van der Waals surface area contributed by atoms with Gasteiger partial charge in [-0.25, -0.2) is 12.8 Å². The van der Waals surface area contributed by atoms with E-state index in [0.29, 0.717) is 0 Å². The molecule has 2 N–H and O–H groups in total. The van der Waals surface area contributed by atoms with Gasteiger partial charge in [0.05, 0.1) is 14.4 Å². The van der Waals surface area contributed by atoms with Crippen molar-refractivity contribution < 1.29 is 12.8 Å². The number of benzene rings is 1. The van der Waals surface area contributed by atoms with E-state index in [0.717, 1.165) is 15.4 Å². The molecular formula is C13H14BrFN2O2S2. The Morgan fingerprint density at radius 1 is 1.38 bits per heavy atom. The molecule has 0 bridgehead atoms. The van der Waals surface area contributed by atoms with E-state index in [2.05, 4.69) is 15.9 Å². The molecule has 114 valence electrons. The summed E-state index contributed by atoms with van der Waals surface area (Å²) in [4.78, 5) is -0.00399. The lowest BCUT2D eigenvalue weighted by Gasteiger charge is -2.17. The third-order valence-electron chi connectivity index (χ3n) is 2.99. The smallest absolute Gasteiger partial charge is 0.243 e. The van der Waals surface area contributed by atoms with Crippen LogP contribution in [0.15, 0.2) is 32.3 Å². The van der Waals surface area contributed by atoms with Crippen molar-refractivity contribution in [2.45, 2.75) is 18.4 Å². The Morgan fingerprint density at radius 3 is 2.57 bits per heavy atom. The molecule has 0 saturated heterocycles. The van der Waals surface area contributed by atoms with Crippen LogP contribution in [0.4, 0.5) is 10.1 Å². The van der Waals surface area contributed by atoms with Crippen LogP contribution in [0.3, 0.4) is 0 Å². The minimum Gasteiger partial charge on any atom is -0.396 e. The molecule has 0 unspecified atom stereocenters. The molecular weight excluding hydrogens is 379 g/mol. The Kier molecular flexibility index (Phi) is 4.72. The average Bonchev–Trinajstić information content (AvgIpc) is 2.80. The van der Waals surface area contributed by atoms with Gasteiger partial charge in [-0.15, -0.1) is 11.3 Å². The highest BCUT2D eigenvalue weighted by molar-refractivity contribution is 9.11. The molecule has 0 aliphatic heterocycles. The zero-order chi connectivity index (χ0) is 15.8. The van der Waals surface area contributed by atoms with E-state index < -0.39 is 15.8 Å². The number of anilines is 1. The van der Waals surface area contributed by atoms with E-state index in [4.69, 9.17) is 5.73 Å². The summed E-state index contributed by atoms with van der Waals surface area (Å²) >= 11 is 4.82. The summed E-state index contributed by atoms with van der Waals surface area (Å²) in [5, 5.41) is 1.88. The van der Waals surface area contributed by atoms with Gasteiger partial charge in [0.1, 0.15) is 5.82 Å². The van der Waals surface area contributed by atoms with E-state index in [1.165, 1.54) is 35.7 Å². The first kappa shape index (κ1) is 16.4. The van der Waals surface area contributed by atoms with Crippen LogP contribution in [0.5, 0.6) is 0 Å². The van der Waals surface area contributed by atoms with Crippen LogP contribution >= 0.6 is 27.3 Å². The first-order valence-electron chi connectivity index (χ1n) is 5.96. The number of aryl methyl sites for hydroxylation is 1. The van der Waals surface area contributed by atoms with Crippen LogP contribution in [-0.2, 0) is 16.6 Å². The number of halogens is 2. The summed E-state index contributed by atoms with van der Waals surface area (Å²) in [5.41, 5.74) is 6.43. The molecule has 21 heavy (non-hydrogen) atoms. The molecule has 0 amide bonds. The maximum absolute atomic E-state index is 13.5.